The van der Waals surface area contributed by atoms with Gasteiger partial charge in [-0.3, -0.25) is 14.5 Å². The molecule has 2 aromatic rings. The predicted octanol–water partition coefficient (Wildman–Crippen LogP) is 6.19. The van der Waals surface area contributed by atoms with Gasteiger partial charge in [0.1, 0.15) is 6.61 Å². The molecular formula is C22H19Cl2NO4S. The van der Waals surface area contributed by atoms with Crippen molar-refractivity contribution in [1.82, 2.24) is 4.90 Å². The summed E-state index contributed by atoms with van der Waals surface area (Å²) in [4.78, 5) is 26.7. The van der Waals surface area contributed by atoms with Crippen molar-refractivity contribution in [3.8, 4) is 11.5 Å². The molecule has 1 aliphatic rings. The van der Waals surface area contributed by atoms with Gasteiger partial charge in [0.05, 0.1) is 18.1 Å². The molecule has 1 saturated heterocycles. The number of amides is 2. The minimum atomic E-state index is -0.397. The molecule has 156 valence electrons. The fourth-order valence-corrected chi connectivity index (χ4v) is 4.14. The van der Waals surface area contributed by atoms with Crippen LogP contribution < -0.4 is 9.47 Å². The van der Waals surface area contributed by atoms with Gasteiger partial charge in [-0.05, 0) is 54.6 Å². The number of benzene rings is 2. The van der Waals surface area contributed by atoms with E-state index in [1.54, 1.807) is 48.6 Å². The van der Waals surface area contributed by atoms with Gasteiger partial charge in [0.25, 0.3) is 11.1 Å². The molecule has 1 fully saturated rings. The first-order valence-corrected chi connectivity index (χ1v) is 10.7. The van der Waals surface area contributed by atoms with Crippen LogP contribution in [0.3, 0.4) is 0 Å². The van der Waals surface area contributed by atoms with Crippen molar-refractivity contribution in [1.29, 1.82) is 0 Å². The lowest BCUT2D eigenvalue weighted by molar-refractivity contribution is -0.123. The van der Waals surface area contributed by atoms with Crippen molar-refractivity contribution in [3.63, 3.8) is 0 Å². The third kappa shape index (κ3) is 5.01. The molecule has 5 nitrogen and oxygen atoms in total. The highest BCUT2D eigenvalue weighted by molar-refractivity contribution is 8.18. The van der Waals surface area contributed by atoms with Crippen molar-refractivity contribution >= 4 is 52.2 Å². The van der Waals surface area contributed by atoms with Crippen LogP contribution in [0.15, 0.2) is 54.0 Å². The predicted molar refractivity (Wildman–Crippen MR) is 121 cm³/mol. The van der Waals surface area contributed by atoms with Crippen LogP contribution in [-0.2, 0) is 11.3 Å². The first-order chi connectivity index (χ1) is 14.4. The molecule has 2 amide bonds. The number of halogens is 2. The molecule has 1 heterocycles. The fourth-order valence-electron chi connectivity index (χ4n) is 2.78. The van der Waals surface area contributed by atoms with E-state index in [0.717, 1.165) is 16.7 Å². The van der Waals surface area contributed by atoms with Crippen LogP contribution in [0.1, 0.15) is 18.1 Å². The number of imide groups is 1. The maximum absolute atomic E-state index is 12.8. The Hall–Kier alpha value is -2.41. The van der Waals surface area contributed by atoms with Gasteiger partial charge >= 0.3 is 0 Å². The Balaban J connectivity index is 1.84. The van der Waals surface area contributed by atoms with Crippen LogP contribution in [0.5, 0.6) is 11.5 Å². The number of carbonyl (C=O) groups is 2. The first-order valence-electron chi connectivity index (χ1n) is 9.13. The molecule has 0 N–H and O–H groups in total. The Kier molecular flexibility index (Phi) is 7.48. The van der Waals surface area contributed by atoms with E-state index in [4.69, 9.17) is 32.7 Å². The summed E-state index contributed by atoms with van der Waals surface area (Å²) in [5.41, 5.74) is 1.25. The van der Waals surface area contributed by atoms with Crippen molar-refractivity contribution in [2.45, 2.75) is 13.5 Å². The molecule has 0 spiro atoms. The highest BCUT2D eigenvalue weighted by Crippen LogP contribution is 2.37. The summed E-state index contributed by atoms with van der Waals surface area (Å²) < 4.78 is 11.2. The average molecular weight is 464 g/mol. The SMILES string of the molecule is C=CCOc1ccc(/C=C2/SC(=O)N(Cc3c(Cl)cccc3Cl)C2=O)cc1OCC. The molecule has 8 heteroatoms. The van der Waals surface area contributed by atoms with Crippen molar-refractivity contribution in [2.75, 3.05) is 13.2 Å². The van der Waals surface area contributed by atoms with Crippen LogP contribution in [-0.4, -0.2) is 29.3 Å². The minimum absolute atomic E-state index is 0.0129. The Bertz CT molecular complexity index is 1000. The molecule has 0 saturated carbocycles. The lowest BCUT2D eigenvalue weighted by Crippen LogP contribution is -2.27. The number of carbonyl (C=O) groups excluding carboxylic acids is 2. The zero-order chi connectivity index (χ0) is 21.7. The van der Waals surface area contributed by atoms with Crippen molar-refractivity contribution in [2.24, 2.45) is 0 Å². The zero-order valence-electron chi connectivity index (χ0n) is 16.2. The third-order valence-electron chi connectivity index (χ3n) is 4.17. The largest absolute Gasteiger partial charge is 0.490 e. The fraction of sp³-hybridized carbons (Fsp3) is 0.182. The lowest BCUT2D eigenvalue weighted by Gasteiger charge is -2.14. The highest BCUT2D eigenvalue weighted by Gasteiger charge is 2.35. The molecular weight excluding hydrogens is 445 g/mol. The van der Waals surface area contributed by atoms with Gasteiger partial charge in [0.15, 0.2) is 11.5 Å². The van der Waals surface area contributed by atoms with E-state index in [9.17, 15) is 9.59 Å². The van der Waals surface area contributed by atoms with Gasteiger partial charge in [-0.1, -0.05) is 48.0 Å². The van der Waals surface area contributed by atoms with Gasteiger partial charge in [-0.2, -0.15) is 0 Å². The Morgan fingerprint density at radius 1 is 1.10 bits per heavy atom. The number of hydrogen-bond acceptors (Lipinski definition) is 5. The quantitative estimate of drug-likeness (QED) is 0.344. The second-order valence-corrected chi connectivity index (χ2v) is 8.01. The normalized spacial score (nSPS) is 15.0. The second-order valence-electron chi connectivity index (χ2n) is 6.21. The molecule has 0 atom stereocenters. The number of nitrogens with zero attached hydrogens (tertiary/aromatic N) is 1. The molecule has 0 unspecified atom stereocenters. The Morgan fingerprint density at radius 3 is 2.50 bits per heavy atom. The summed E-state index contributed by atoms with van der Waals surface area (Å²) in [5, 5.41) is 0.433. The van der Waals surface area contributed by atoms with Crippen molar-refractivity contribution < 1.29 is 19.1 Å². The maximum Gasteiger partial charge on any atom is 0.293 e. The number of hydrogen-bond donors (Lipinski definition) is 0. The molecule has 3 rings (SSSR count). The summed E-state index contributed by atoms with van der Waals surface area (Å²) in [7, 11) is 0. The standard InChI is InChI=1S/C22H19Cl2NO4S/c1-3-10-29-18-9-8-14(11-19(18)28-4-2)12-20-21(26)25(22(27)30-20)13-15-16(23)6-5-7-17(15)24/h3,5-9,11-12H,1,4,10,13H2,2H3/b20-12+. The van der Waals surface area contributed by atoms with Gasteiger partial charge in [-0.25, -0.2) is 0 Å². The molecule has 1 aliphatic heterocycles. The highest BCUT2D eigenvalue weighted by atomic mass is 35.5. The topological polar surface area (TPSA) is 55.8 Å². The molecule has 0 aliphatic carbocycles. The van der Waals surface area contributed by atoms with Crippen molar-refractivity contribution in [3.05, 3.63) is 75.1 Å². The van der Waals surface area contributed by atoms with Crippen LogP contribution in [0.25, 0.3) is 6.08 Å². The number of thioether (sulfide) groups is 1. The number of rotatable bonds is 8. The molecule has 30 heavy (non-hydrogen) atoms. The third-order valence-corrected chi connectivity index (χ3v) is 5.79. The summed E-state index contributed by atoms with van der Waals surface area (Å²) in [6.07, 6.45) is 3.30. The van der Waals surface area contributed by atoms with Gasteiger partial charge in [0, 0.05) is 15.6 Å². The second kappa shape index (κ2) is 10.1. The molecule has 2 aromatic carbocycles. The molecule has 0 bridgehead atoms. The summed E-state index contributed by atoms with van der Waals surface area (Å²) in [5.74, 6) is 0.733. The summed E-state index contributed by atoms with van der Waals surface area (Å²) in [6, 6.07) is 10.4. The lowest BCUT2D eigenvalue weighted by atomic mass is 10.1. The smallest absolute Gasteiger partial charge is 0.293 e. The van der Waals surface area contributed by atoms with Gasteiger partial charge < -0.3 is 9.47 Å². The van der Waals surface area contributed by atoms with E-state index >= 15 is 0 Å². The zero-order valence-corrected chi connectivity index (χ0v) is 18.5. The van der Waals surface area contributed by atoms with Gasteiger partial charge in [-0.15, -0.1) is 0 Å². The number of ether oxygens (including phenoxy) is 2. The Morgan fingerprint density at radius 2 is 1.83 bits per heavy atom. The van der Waals surface area contributed by atoms with E-state index in [1.165, 1.54) is 0 Å². The molecule has 0 aromatic heterocycles. The molecule has 0 radical (unpaired) electrons. The summed E-state index contributed by atoms with van der Waals surface area (Å²) in [6.45, 7) is 6.33. The van der Waals surface area contributed by atoms with E-state index in [0.29, 0.717) is 50.8 Å². The van der Waals surface area contributed by atoms with Crippen LogP contribution >= 0.6 is 35.0 Å². The van der Waals surface area contributed by atoms with Crippen LogP contribution in [0.2, 0.25) is 10.0 Å². The summed E-state index contributed by atoms with van der Waals surface area (Å²) >= 11 is 13.2. The van der Waals surface area contributed by atoms with E-state index in [-0.39, 0.29) is 11.8 Å². The van der Waals surface area contributed by atoms with Crippen LogP contribution in [0.4, 0.5) is 4.79 Å². The van der Waals surface area contributed by atoms with Gasteiger partial charge in [0.2, 0.25) is 0 Å². The van der Waals surface area contributed by atoms with Crippen LogP contribution in [0, 0.1) is 0 Å². The first kappa shape index (κ1) is 22.3. The Labute approximate surface area is 189 Å². The average Bonchev–Trinajstić information content (AvgIpc) is 2.97. The monoisotopic (exact) mass is 463 g/mol. The minimum Gasteiger partial charge on any atom is -0.490 e. The van der Waals surface area contributed by atoms with E-state index in [1.807, 2.05) is 6.92 Å². The van der Waals surface area contributed by atoms with E-state index in [2.05, 4.69) is 6.58 Å². The maximum atomic E-state index is 12.8. The van der Waals surface area contributed by atoms with E-state index < -0.39 is 5.91 Å².